The number of carbonyl (C=O) groups is 11. The molecule has 22 heteroatoms. The number of nitrogens with one attached hydrogen (secondary N) is 4. The van der Waals surface area contributed by atoms with E-state index in [0.29, 0.717) is 6.42 Å². The average Bonchev–Trinajstić information content (AvgIpc) is 3.62. The van der Waals surface area contributed by atoms with E-state index in [1.807, 2.05) is 55.4 Å². The largest absolute Gasteiger partial charge is 0.343 e. The molecule has 2 aliphatic rings. The fourth-order valence-corrected chi connectivity index (χ4v) is 11.5. The van der Waals surface area contributed by atoms with Gasteiger partial charge >= 0.3 is 0 Å². The van der Waals surface area contributed by atoms with Gasteiger partial charge in [0.2, 0.25) is 65.0 Å². The summed E-state index contributed by atoms with van der Waals surface area (Å²) in [5, 5.41) is 11.2. The normalized spacial score (nSPS) is 27.5. The molecule has 1 heterocycles. The van der Waals surface area contributed by atoms with Crippen LogP contribution in [-0.4, -0.2) is 216 Å². The molecule has 0 aromatic carbocycles. The van der Waals surface area contributed by atoms with Gasteiger partial charge in [-0.15, -0.1) is 0 Å². The van der Waals surface area contributed by atoms with E-state index in [4.69, 9.17) is 0 Å². The molecule has 0 bridgehead atoms. The van der Waals surface area contributed by atoms with Crippen molar-refractivity contribution in [2.45, 2.75) is 235 Å². The van der Waals surface area contributed by atoms with E-state index in [-0.39, 0.29) is 61.7 Å². The van der Waals surface area contributed by atoms with Crippen LogP contribution in [0.3, 0.4) is 0 Å². The molecule has 84 heavy (non-hydrogen) atoms. The second kappa shape index (κ2) is 33.8. The Morgan fingerprint density at radius 1 is 0.405 bits per heavy atom. The fraction of sp³-hybridized carbons (Fsp3) is 0.823. The van der Waals surface area contributed by atoms with E-state index in [1.54, 1.807) is 34.6 Å². The zero-order valence-corrected chi connectivity index (χ0v) is 55.4. The summed E-state index contributed by atoms with van der Waals surface area (Å²) in [6.45, 7) is 26.4. The highest BCUT2D eigenvalue weighted by molar-refractivity contribution is 5.99. The van der Waals surface area contributed by atoms with Crippen molar-refractivity contribution in [3.05, 3.63) is 0 Å². The fourth-order valence-electron chi connectivity index (χ4n) is 11.5. The third kappa shape index (κ3) is 20.7. The molecule has 1 saturated heterocycles. The lowest BCUT2D eigenvalue weighted by atomic mass is 9.84. The van der Waals surface area contributed by atoms with Crippen molar-refractivity contribution in [2.75, 3.05) is 55.9 Å². The Balaban J connectivity index is 2.91. The number of rotatable bonds is 13. The zero-order valence-electron chi connectivity index (χ0n) is 55.4. The maximum absolute atomic E-state index is 15.2. The maximum atomic E-state index is 15.2. The van der Waals surface area contributed by atoms with Gasteiger partial charge in [0.25, 0.3) is 0 Å². The molecule has 22 nitrogen and oxygen atoms in total. The predicted molar refractivity (Wildman–Crippen MR) is 325 cm³/mol. The minimum atomic E-state index is -1.21. The maximum Gasteiger partial charge on any atom is 0.246 e. The molecule has 0 radical (unpaired) electrons. The minimum absolute atomic E-state index is 0.0880. The highest BCUT2D eigenvalue weighted by atomic mass is 16.2. The Kier molecular flexibility index (Phi) is 29.8. The lowest BCUT2D eigenvalue weighted by Crippen LogP contribution is -2.61. The first-order valence-electron chi connectivity index (χ1n) is 31.0. The molecule has 480 valence electrons. The summed E-state index contributed by atoms with van der Waals surface area (Å²) in [4.78, 5) is 169. The van der Waals surface area contributed by atoms with Gasteiger partial charge in [0, 0.05) is 49.3 Å². The molecule has 4 N–H and O–H groups in total. The second-order valence-electron chi connectivity index (χ2n) is 26.6. The van der Waals surface area contributed by atoms with Crippen LogP contribution in [0.5, 0.6) is 0 Å². The number of amides is 11. The monoisotopic (exact) mass is 1190 g/mol. The van der Waals surface area contributed by atoms with Gasteiger partial charge in [-0.2, -0.15) is 0 Å². The van der Waals surface area contributed by atoms with Crippen molar-refractivity contribution < 1.29 is 52.7 Å². The van der Waals surface area contributed by atoms with Gasteiger partial charge in [-0.05, 0) is 93.8 Å². The highest BCUT2D eigenvalue weighted by Gasteiger charge is 2.44. The second-order valence-corrected chi connectivity index (χ2v) is 26.6. The van der Waals surface area contributed by atoms with Crippen molar-refractivity contribution >= 4 is 65.0 Å². The summed E-state index contributed by atoms with van der Waals surface area (Å²) >= 11 is 0. The molecule has 11 amide bonds. The SMILES string of the molecule is CC[C@@H]1NC(=O)[C@H](CC2CCCCC2)N(C)C(=O)[C@H](C(C)C)N(C)C(=O)[C@H](CC(C)C)N(C)C(=O)[C@H](CC(C)C)N(C)C(=O)[C@@H](C)NC(=O)[C@H](C)NC(=O)[C@@H](CC(C)C)N(C)C(=O)[C@@H](C(C)C)NC(=O)[C@@H](CC(C)C)N(C)C(=O)CN(C)C1=O. The smallest absolute Gasteiger partial charge is 0.246 e. The Bertz CT molecular complexity index is 2270. The lowest BCUT2D eigenvalue weighted by molar-refractivity contribution is -0.156. The Morgan fingerprint density at radius 2 is 0.810 bits per heavy atom. The molecule has 1 aliphatic carbocycles. The first-order chi connectivity index (χ1) is 38.9. The van der Waals surface area contributed by atoms with Crippen LogP contribution >= 0.6 is 0 Å². The van der Waals surface area contributed by atoms with Crippen LogP contribution in [0.15, 0.2) is 0 Å². The van der Waals surface area contributed by atoms with Gasteiger partial charge in [0.1, 0.15) is 60.4 Å². The molecule has 1 aliphatic heterocycles. The average molecular weight is 1190 g/mol. The quantitative estimate of drug-likeness (QED) is 0.202. The first-order valence-corrected chi connectivity index (χ1v) is 31.0. The molecular weight excluding hydrogens is 1070 g/mol. The lowest BCUT2D eigenvalue weighted by Gasteiger charge is -2.41. The van der Waals surface area contributed by atoms with Crippen LogP contribution in [0.2, 0.25) is 0 Å². The zero-order chi connectivity index (χ0) is 64.5. The number of carbonyl (C=O) groups excluding carboxylic acids is 11. The summed E-state index contributed by atoms with van der Waals surface area (Å²) in [5.74, 6) is -7.83. The molecular formula is C62H111N11O11. The van der Waals surface area contributed by atoms with Crippen molar-refractivity contribution in [1.82, 2.24) is 55.6 Å². The molecule has 0 unspecified atom stereocenters. The molecule has 0 spiro atoms. The number of hydrogen-bond acceptors (Lipinski definition) is 11. The molecule has 0 aromatic heterocycles. The van der Waals surface area contributed by atoms with Crippen LogP contribution < -0.4 is 21.3 Å². The predicted octanol–water partition coefficient (Wildman–Crippen LogP) is 4.28. The summed E-state index contributed by atoms with van der Waals surface area (Å²) < 4.78 is 0. The van der Waals surface area contributed by atoms with E-state index in [9.17, 15) is 43.2 Å². The van der Waals surface area contributed by atoms with E-state index < -0.39 is 144 Å². The summed E-state index contributed by atoms with van der Waals surface area (Å²) in [5.41, 5.74) is 0. The van der Waals surface area contributed by atoms with Crippen LogP contribution in [0.1, 0.15) is 174 Å². The molecule has 10 atom stereocenters. The van der Waals surface area contributed by atoms with Crippen molar-refractivity contribution in [3.8, 4) is 0 Å². The van der Waals surface area contributed by atoms with Crippen LogP contribution in [0.25, 0.3) is 0 Å². The Morgan fingerprint density at radius 3 is 1.27 bits per heavy atom. The van der Waals surface area contributed by atoms with Gasteiger partial charge in [-0.3, -0.25) is 52.7 Å². The van der Waals surface area contributed by atoms with Crippen molar-refractivity contribution in [1.29, 1.82) is 0 Å². The van der Waals surface area contributed by atoms with Gasteiger partial charge < -0.3 is 55.6 Å². The van der Waals surface area contributed by atoms with E-state index in [2.05, 4.69) is 21.3 Å². The minimum Gasteiger partial charge on any atom is -0.343 e. The summed E-state index contributed by atoms with van der Waals surface area (Å²) in [6.07, 6.45) is 5.83. The highest BCUT2D eigenvalue weighted by Crippen LogP contribution is 2.30. The standard InChI is InChI=1S/C62H111N11O11/c1-23-44-58(80)67(16)34-50(74)68(17)45(29-35(2)3)56(78)66-51(39(10)11)61(83)69(18)46(30-36(4)5)54(76)63-41(14)53(75)64-42(15)57(79)71(20)48(31-37(6)7)59(81)72(21)49(32-38(8)9)60(82)73(22)52(40(12)13)62(84)70(19)47(55(77)65-44)33-43-27-25-24-26-28-43/h35-49,51-52H,23-34H2,1-22H3,(H,63,76)(H,64,75)(H,65,77)(H,66,78)/t41-,42+,44-,45+,46+,47-,48-,49-,51+,52-/m0/s1. The van der Waals surface area contributed by atoms with E-state index in [1.165, 1.54) is 97.5 Å². The Hall–Kier alpha value is -5.83. The van der Waals surface area contributed by atoms with Gasteiger partial charge in [-0.25, -0.2) is 0 Å². The van der Waals surface area contributed by atoms with Gasteiger partial charge in [0.05, 0.1) is 6.54 Å². The third-order valence-electron chi connectivity index (χ3n) is 16.8. The van der Waals surface area contributed by atoms with Gasteiger partial charge in [0.15, 0.2) is 0 Å². The van der Waals surface area contributed by atoms with E-state index in [0.717, 1.165) is 32.1 Å². The van der Waals surface area contributed by atoms with E-state index >= 15 is 9.59 Å². The van der Waals surface area contributed by atoms with Gasteiger partial charge in [-0.1, -0.05) is 122 Å². The first kappa shape index (κ1) is 74.3. The summed E-state index contributed by atoms with van der Waals surface area (Å²) in [6, 6.07) is -11.2. The van der Waals surface area contributed by atoms with Crippen molar-refractivity contribution in [3.63, 3.8) is 0 Å². The number of likely N-dealkylation sites (N-methyl/N-ethyl adjacent to an activating group) is 7. The topological polar surface area (TPSA) is 259 Å². The third-order valence-corrected chi connectivity index (χ3v) is 16.8. The molecule has 1 saturated carbocycles. The molecule has 0 aromatic rings. The molecule has 2 fully saturated rings. The van der Waals surface area contributed by atoms with Crippen LogP contribution in [-0.2, 0) is 52.7 Å². The molecule has 2 rings (SSSR count). The van der Waals surface area contributed by atoms with Crippen LogP contribution in [0.4, 0.5) is 0 Å². The Labute approximate surface area is 503 Å². The van der Waals surface area contributed by atoms with Crippen molar-refractivity contribution in [2.24, 2.45) is 41.4 Å². The number of nitrogens with zero attached hydrogens (tertiary/aromatic N) is 7. The summed E-state index contributed by atoms with van der Waals surface area (Å²) in [7, 11) is 10.4. The van der Waals surface area contributed by atoms with Crippen LogP contribution in [0, 0.1) is 41.4 Å². The number of hydrogen-bond donors (Lipinski definition) is 4.